The van der Waals surface area contributed by atoms with Crippen LogP contribution in [-0.2, 0) is 4.74 Å². The number of fused-ring (bicyclic) bond motifs is 1. The molecule has 0 saturated carbocycles. The molecule has 1 aliphatic rings. The second-order valence-electron chi connectivity index (χ2n) is 5.12. The molecule has 1 aliphatic heterocycles. The lowest BCUT2D eigenvalue weighted by Gasteiger charge is -2.23. The summed E-state index contributed by atoms with van der Waals surface area (Å²) in [5.74, 6) is -0.894. The summed E-state index contributed by atoms with van der Waals surface area (Å²) in [6.07, 6.45) is -1.33. The van der Waals surface area contributed by atoms with E-state index in [1.54, 1.807) is 24.3 Å². The first-order valence-electron chi connectivity index (χ1n) is 6.97. The molecule has 2 N–H and O–H groups in total. The van der Waals surface area contributed by atoms with Crippen molar-refractivity contribution in [2.24, 2.45) is 0 Å². The largest absolute Gasteiger partial charge is 0.507 e. The molecule has 1 aromatic carbocycles. The van der Waals surface area contributed by atoms with Gasteiger partial charge in [0.15, 0.2) is 17.7 Å². The third-order valence-corrected chi connectivity index (χ3v) is 4.02. The van der Waals surface area contributed by atoms with Crippen LogP contribution in [0.4, 0.5) is 4.79 Å². The summed E-state index contributed by atoms with van der Waals surface area (Å²) in [7, 11) is 0. The molecule has 7 nitrogen and oxygen atoms in total. The van der Waals surface area contributed by atoms with Gasteiger partial charge in [0, 0.05) is 23.7 Å². The Morgan fingerprint density at radius 2 is 2.00 bits per heavy atom. The van der Waals surface area contributed by atoms with Crippen LogP contribution in [0.25, 0.3) is 10.8 Å². The fourth-order valence-electron chi connectivity index (χ4n) is 2.70. The summed E-state index contributed by atoms with van der Waals surface area (Å²) in [4.78, 5) is 28.6. The predicted octanol–water partition coefficient (Wildman–Crippen LogP) is 2.85. The second kappa shape index (κ2) is 5.92. The first-order valence-corrected chi connectivity index (χ1v) is 7.34. The van der Waals surface area contributed by atoms with E-state index in [1.165, 1.54) is 4.90 Å². The molecular weight excluding hydrogens is 324 g/mol. The molecule has 0 spiro atoms. The van der Waals surface area contributed by atoms with Crippen LogP contribution in [0.3, 0.4) is 0 Å². The van der Waals surface area contributed by atoms with Crippen molar-refractivity contribution in [3.63, 3.8) is 0 Å². The number of halogens is 1. The summed E-state index contributed by atoms with van der Waals surface area (Å²) in [5.41, 5.74) is -0.213. The molecule has 3 rings (SSSR count). The Labute approximate surface area is 136 Å². The standard InChI is InChI=1S/C15H13ClN2O5/c16-13-9-5-2-1-4-8(9)12(19)11(17-13)14(20)18-7-3-6-10(18)23-15(21)22/h1-2,4-5,10,19H,3,6-7H2,(H,21,22)/t10-/m1/s1. The van der Waals surface area contributed by atoms with E-state index in [0.717, 1.165) is 0 Å². The number of pyridine rings is 1. The lowest BCUT2D eigenvalue weighted by molar-refractivity contribution is -0.00737. The highest BCUT2D eigenvalue weighted by molar-refractivity contribution is 6.34. The van der Waals surface area contributed by atoms with E-state index >= 15 is 0 Å². The fourth-order valence-corrected chi connectivity index (χ4v) is 2.95. The Morgan fingerprint density at radius 3 is 2.70 bits per heavy atom. The molecule has 0 unspecified atom stereocenters. The van der Waals surface area contributed by atoms with Crippen molar-refractivity contribution in [3.8, 4) is 5.75 Å². The summed E-state index contributed by atoms with van der Waals surface area (Å²) >= 11 is 6.09. The molecule has 2 aromatic rings. The minimum Gasteiger partial charge on any atom is -0.505 e. The number of carbonyl (C=O) groups is 2. The Hall–Kier alpha value is -2.54. The highest BCUT2D eigenvalue weighted by Crippen LogP contribution is 2.33. The number of aromatic hydroxyl groups is 1. The number of likely N-dealkylation sites (tertiary alicyclic amines) is 1. The number of benzene rings is 1. The zero-order chi connectivity index (χ0) is 16.6. The van der Waals surface area contributed by atoms with Gasteiger partial charge in [0.25, 0.3) is 5.91 Å². The number of rotatable bonds is 2. The molecule has 1 fully saturated rings. The van der Waals surface area contributed by atoms with Crippen molar-refractivity contribution in [1.82, 2.24) is 9.88 Å². The molecule has 23 heavy (non-hydrogen) atoms. The number of carbonyl (C=O) groups excluding carboxylic acids is 1. The summed E-state index contributed by atoms with van der Waals surface area (Å²) in [5, 5.41) is 20.1. The third kappa shape index (κ3) is 2.75. The number of nitrogens with zero attached hydrogens (tertiary/aromatic N) is 2. The van der Waals surface area contributed by atoms with Crippen molar-refractivity contribution in [1.29, 1.82) is 0 Å². The molecular formula is C15H13ClN2O5. The monoisotopic (exact) mass is 336 g/mol. The maximum Gasteiger partial charge on any atom is 0.507 e. The maximum absolute atomic E-state index is 12.6. The topological polar surface area (TPSA) is 100.0 Å². The number of carboxylic acid groups (broad SMARTS) is 1. The smallest absolute Gasteiger partial charge is 0.505 e. The summed E-state index contributed by atoms with van der Waals surface area (Å²) < 4.78 is 4.70. The zero-order valence-corrected chi connectivity index (χ0v) is 12.7. The van der Waals surface area contributed by atoms with Crippen molar-refractivity contribution < 1.29 is 24.5 Å². The van der Waals surface area contributed by atoms with Crippen LogP contribution in [0, 0.1) is 0 Å². The van der Waals surface area contributed by atoms with Crippen molar-refractivity contribution >= 4 is 34.4 Å². The Balaban J connectivity index is 2.01. The fraction of sp³-hybridized carbons (Fsp3) is 0.267. The van der Waals surface area contributed by atoms with Gasteiger partial charge < -0.3 is 19.8 Å². The van der Waals surface area contributed by atoms with Gasteiger partial charge in [-0.15, -0.1) is 0 Å². The molecule has 2 heterocycles. The molecule has 0 radical (unpaired) electrons. The number of hydrogen-bond acceptors (Lipinski definition) is 5. The molecule has 8 heteroatoms. The van der Waals surface area contributed by atoms with Crippen LogP contribution in [0.5, 0.6) is 5.75 Å². The molecule has 0 aliphatic carbocycles. The van der Waals surface area contributed by atoms with E-state index in [9.17, 15) is 14.7 Å². The number of aromatic nitrogens is 1. The van der Waals surface area contributed by atoms with Gasteiger partial charge in [-0.3, -0.25) is 4.79 Å². The highest BCUT2D eigenvalue weighted by Gasteiger charge is 2.34. The quantitative estimate of drug-likeness (QED) is 0.646. The Kier molecular flexibility index (Phi) is 3.96. The number of amides is 1. The van der Waals surface area contributed by atoms with Crippen LogP contribution in [0.15, 0.2) is 24.3 Å². The van der Waals surface area contributed by atoms with Crippen molar-refractivity contribution in [2.45, 2.75) is 19.1 Å². The first kappa shape index (κ1) is 15.4. The Morgan fingerprint density at radius 1 is 1.30 bits per heavy atom. The van der Waals surface area contributed by atoms with Crippen LogP contribution < -0.4 is 0 Å². The van der Waals surface area contributed by atoms with Crippen LogP contribution >= 0.6 is 11.6 Å². The van der Waals surface area contributed by atoms with E-state index in [2.05, 4.69) is 4.98 Å². The molecule has 1 amide bonds. The predicted molar refractivity (Wildman–Crippen MR) is 81.6 cm³/mol. The second-order valence-corrected chi connectivity index (χ2v) is 5.48. The lowest BCUT2D eigenvalue weighted by Crippen LogP contribution is -2.38. The van der Waals surface area contributed by atoms with Crippen molar-refractivity contribution in [2.75, 3.05) is 6.54 Å². The normalized spacial score (nSPS) is 17.4. The highest BCUT2D eigenvalue weighted by atomic mass is 35.5. The Bertz CT molecular complexity index is 795. The summed E-state index contributed by atoms with van der Waals surface area (Å²) in [6, 6.07) is 6.77. The summed E-state index contributed by atoms with van der Waals surface area (Å²) in [6.45, 7) is 0.322. The lowest BCUT2D eigenvalue weighted by atomic mass is 10.1. The SMILES string of the molecule is O=C(O)O[C@@H]1CCCN1C(=O)c1nc(Cl)c2ccccc2c1O. The van der Waals surface area contributed by atoms with Crippen LogP contribution in [0.1, 0.15) is 23.3 Å². The number of hydrogen-bond donors (Lipinski definition) is 2. The van der Waals surface area contributed by atoms with E-state index in [4.69, 9.17) is 21.4 Å². The van der Waals surface area contributed by atoms with Crippen LogP contribution in [0.2, 0.25) is 5.15 Å². The average Bonchev–Trinajstić information content (AvgIpc) is 2.97. The average molecular weight is 337 g/mol. The van der Waals surface area contributed by atoms with Gasteiger partial charge in [0.05, 0.1) is 0 Å². The van der Waals surface area contributed by atoms with Gasteiger partial charge in [-0.05, 0) is 6.42 Å². The minimum atomic E-state index is -1.46. The van der Waals surface area contributed by atoms with Gasteiger partial charge in [0.1, 0.15) is 5.15 Å². The molecule has 0 bridgehead atoms. The molecule has 1 atom stereocenters. The third-order valence-electron chi connectivity index (χ3n) is 3.74. The maximum atomic E-state index is 12.6. The van der Waals surface area contributed by atoms with Crippen molar-refractivity contribution in [3.05, 3.63) is 35.1 Å². The molecule has 120 valence electrons. The minimum absolute atomic E-state index is 0.0941. The molecule has 1 saturated heterocycles. The molecule has 1 aromatic heterocycles. The van der Waals surface area contributed by atoms with Gasteiger partial charge >= 0.3 is 6.16 Å². The van der Waals surface area contributed by atoms with E-state index in [1.807, 2.05) is 0 Å². The van der Waals surface area contributed by atoms with Gasteiger partial charge in [-0.25, -0.2) is 9.78 Å². The van der Waals surface area contributed by atoms with E-state index < -0.39 is 18.3 Å². The van der Waals surface area contributed by atoms with Gasteiger partial charge in [-0.1, -0.05) is 35.9 Å². The zero-order valence-electron chi connectivity index (χ0n) is 11.9. The van der Waals surface area contributed by atoms with E-state index in [0.29, 0.717) is 30.2 Å². The van der Waals surface area contributed by atoms with E-state index in [-0.39, 0.29) is 16.6 Å². The van der Waals surface area contributed by atoms with Gasteiger partial charge in [0.2, 0.25) is 0 Å². The van der Waals surface area contributed by atoms with Crippen LogP contribution in [-0.4, -0.2) is 44.9 Å². The first-order chi connectivity index (χ1) is 11.0. The number of ether oxygens (including phenoxy) is 1. The van der Waals surface area contributed by atoms with Gasteiger partial charge in [-0.2, -0.15) is 0 Å².